The lowest BCUT2D eigenvalue weighted by Gasteiger charge is -2.23. The number of aryl methyl sites for hydroxylation is 1. The number of benzene rings is 1. The second-order valence-corrected chi connectivity index (χ2v) is 7.79. The molecule has 4 aromatic rings. The first-order valence-electron chi connectivity index (χ1n) is 10.2. The molecule has 0 radical (unpaired) electrons. The molecule has 0 saturated carbocycles. The molecule has 8 nitrogen and oxygen atoms in total. The minimum Gasteiger partial charge on any atom is -0.380 e. The van der Waals surface area contributed by atoms with Crippen LogP contribution in [-0.2, 0) is 22.6 Å². The number of nitrogens with zero attached hydrogens (tertiary/aromatic N) is 6. The molecule has 0 aliphatic carbocycles. The van der Waals surface area contributed by atoms with E-state index in [2.05, 4.69) is 37.5 Å². The Morgan fingerprint density at radius 1 is 1.20 bits per heavy atom. The Hall–Kier alpha value is -2.55. The molecule has 5 rings (SSSR count). The van der Waals surface area contributed by atoms with Crippen molar-refractivity contribution in [1.29, 1.82) is 0 Å². The maximum absolute atomic E-state index is 6.34. The van der Waals surface area contributed by atoms with Crippen molar-refractivity contribution in [2.75, 3.05) is 13.7 Å². The van der Waals surface area contributed by atoms with Gasteiger partial charge in [-0.25, -0.2) is 15.0 Å². The largest absolute Gasteiger partial charge is 0.380 e. The van der Waals surface area contributed by atoms with E-state index in [1.165, 1.54) is 0 Å². The van der Waals surface area contributed by atoms with Crippen molar-refractivity contribution in [3.05, 3.63) is 35.6 Å². The molecular formula is C21H23ClN6O2. The average molecular weight is 427 g/mol. The van der Waals surface area contributed by atoms with Crippen molar-refractivity contribution >= 4 is 33.8 Å². The van der Waals surface area contributed by atoms with E-state index in [0.717, 1.165) is 54.6 Å². The summed E-state index contributed by atoms with van der Waals surface area (Å²) in [6.07, 6.45) is 6.68. The fourth-order valence-electron chi connectivity index (χ4n) is 4.18. The van der Waals surface area contributed by atoms with Gasteiger partial charge in [-0.1, -0.05) is 0 Å². The zero-order valence-corrected chi connectivity index (χ0v) is 17.8. The molecule has 1 aromatic carbocycles. The third-order valence-electron chi connectivity index (χ3n) is 5.57. The fourth-order valence-corrected chi connectivity index (χ4v) is 4.35. The number of rotatable bonds is 5. The number of halogens is 1. The van der Waals surface area contributed by atoms with E-state index in [1.807, 2.05) is 17.0 Å². The van der Waals surface area contributed by atoms with E-state index in [4.69, 9.17) is 21.1 Å². The van der Waals surface area contributed by atoms with Crippen LogP contribution in [0.2, 0.25) is 5.28 Å². The topological polar surface area (TPSA) is 79.9 Å². The normalized spacial score (nSPS) is 17.2. The Labute approximate surface area is 178 Å². The van der Waals surface area contributed by atoms with Crippen LogP contribution in [0.25, 0.3) is 33.5 Å². The van der Waals surface area contributed by atoms with Crippen LogP contribution in [-0.4, -0.2) is 42.8 Å². The van der Waals surface area contributed by atoms with E-state index in [0.29, 0.717) is 23.5 Å². The zero-order valence-electron chi connectivity index (χ0n) is 17.0. The van der Waals surface area contributed by atoms with Crippen LogP contribution in [0, 0.1) is 0 Å². The van der Waals surface area contributed by atoms with Crippen molar-refractivity contribution in [3.8, 4) is 11.3 Å². The number of methoxy groups -OCH3 is 1. The summed E-state index contributed by atoms with van der Waals surface area (Å²) in [7, 11) is 1.69. The van der Waals surface area contributed by atoms with E-state index in [1.54, 1.807) is 13.4 Å². The lowest BCUT2D eigenvalue weighted by Crippen LogP contribution is -2.17. The smallest absolute Gasteiger partial charge is 0.225 e. The predicted octanol–water partition coefficient (Wildman–Crippen LogP) is 4.36. The summed E-state index contributed by atoms with van der Waals surface area (Å²) < 4.78 is 15.5. The highest BCUT2D eigenvalue weighted by molar-refractivity contribution is 6.28. The second-order valence-electron chi connectivity index (χ2n) is 7.45. The van der Waals surface area contributed by atoms with Crippen molar-refractivity contribution < 1.29 is 9.47 Å². The molecule has 9 heteroatoms. The Morgan fingerprint density at radius 2 is 2.10 bits per heavy atom. The van der Waals surface area contributed by atoms with Crippen LogP contribution in [0.1, 0.15) is 38.0 Å². The minimum atomic E-state index is -0.0747. The molecular weight excluding hydrogens is 404 g/mol. The molecule has 0 spiro atoms. The molecule has 0 bridgehead atoms. The molecule has 1 saturated heterocycles. The van der Waals surface area contributed by atoms with Gasteiger partial charge in [-0.3, -0.25) is 4.57 Å². The number of ether oxygens (including phenoxy) is 2. The fraction of sp³-hybridized carbons (Fsp3) is 0.429. The molecule has 1 atom stereocenters. The van der Waals surface area contributed by atoms with Gasteiger partial charge in [0.1, 0.15) is 17.4 Å². The molecule has 3 aromatic heterocycles. The van der Waals surface area contributed by atoms with Crippen LogP contribution in [0.3, 0.4) is 0 Å². The number of hydrogen-bond acceptors (Lipinski definition) is 6. The van der Waals surface area contributed by atoms with Crippen LogP contribution in [0.5, 0.6) is 0 Å². The summed E-state index contributed by atoms with van der Waals surface area (Å²) in [5.41, 5.74) is 5.96. The summed E-state index contributed by atoms with van der Waals surface area (Å²) in [4.78, 5) is 18.2. The Kier molecular flexibility index (Phi) is 5.14. The third kappa shape index (κ3) is 3.25. The van der Waals surface area contributed by atoms with Gasteiger partial charge in [0.2, 0.25) is 5.28 Å². The molecule has 0 amide bonds. The van der Waals surface area contributed by atoms with Crippen molar-refractivity contribution in [1.82, 2.24) is 29.1 Å². The molecule has 1 aliphatic rings. The lowest BCUT2D eigenvalue weighted by molar-refractivity contribution is -0.0298. The lowest BCUT2D eigenvalue weighted by atomic mass is 10.1. The van der Waals surface area contributed by atoms with Crippen LogP contribution < -0.4 is 0 Å². The highest BCUT2D eigenvalue weighted by Crippen LogP contribution is 2.33. The Morgan fingerprint density at radius 3 is 2.87 bits per heavy atom. The molecule has 156 valence electrons. The van der Waals surface area contributed by atoms with Crippen LogP contribution >= 0.6 is 11.6 Å². The van der Waals surface area contributed by atoms with E-state index in [-0.39, 0.29) is 11.5 Å². The van der Waals surface area contributed by atoms with Gasteiger partial charge in [0.25, 0.3) is 0 Å². The summed E-state index contributed by atoms with van der Waals surface area (Å²) in [6, 6.07) is 4.10. The second kappa shape index (κ2) is 7.94. The molecule has 4 heterocycles. The molecule has 1 unspecified atom stereocenters. The van der Waals surface area contributed by atoms with Crippen molar-refractivity contribution in [2.45, 2.75) is 45.6 Å². The SMILES string of the molecule is CCn1cnc2cc(-c3nc(Cl)nc4c3ncn4C3CCCCO3)cc(COC)c21. The standard InChI is InChI=1S/C21H23ClN6O2/c1-3-27-11-23-15-9-13(8-14(10-29-2)19(15)27)17-18-20(26-21(22)25-17)28(12-24-18)16-6-4-5-7-30-16/h8-9,11-12,16H,3-7,10H2,1-2H3. The van der Waals surface area contributed by atoms with Crippen molar-refractivity contribution in [2.24, 2.45) is 0 Å². The quantitative estimate of drug-likeness (QED) is 0.441. The number of hydrogen-bond donors (Lipinski definition) is 0. The molecule has 0 N–H and O–H groups in total. The first kappa shape index (κ1) is 19.4. The average Bonchev–Trinajstić information content (AvgIpc) is 3.38. The highest BCUT2D eigenvalue weighted by Gasteiger charge is 2.22. The van der Waals surface area contributed by atoms with E-state index < -0.39 is 0 Å². The minimum absolute atomic E-state index is 0.0747. The summed E-state index contributed by atoms with van der Waals surface area (Å²) >= 11 is 6.34. The summed E-state index contributed by atoms with van der Waals surface area (Å²) in [5, 5.41) is 0.183. The maximum Gasteiger partial charge on any atom is 0.225 e. The molecule has 1 aliphatic heterocycles. The monoisotopic (exact) mass is 426 g/mol. The predicted molar refractivity (Wildman–Crippen MR) is 114 cm³/mol. The van der Waals surface area contributed by atoms with Gasteiger partial charge in [-0.15, -0.1) is 0 Å². The summed E-state index contributed by atoms with van der Waals surface area (Å²) in [6.45, 7) is 4.15. The Balaban J connectivity index is 1.69. The van der Waals surface area contributed by atoms with Gasteiger partial charge in [0.15, 0.2) is 5.65 Å². The highest BCUT2D eigenvalue weighted by atomic mass is 35.5. The Bertz CT molecular complexity index is 1210. The van der Waals surface area contributed by atoms with Crippen LogP contribution in [0.15, 0.2) is 24.8 Å². The van der Waals surface area contributed by atoms with Gasteiger partial charge >= 0.3 is 0 Å². The van der Waals surface area contributed by atoms with Crippen LogP contribution in [0.4, 0.5) is 0 Å². The summed E-state index contributed by atoms with van der Waals surface area (Å²) in [5.74, 6) is 0. The van der Waals surface area contributed by atoms with E-state index >= 15 is 0 Å². The first-order valence-corrected chi connectivity index (χ1v) is 10.6. The van der Waals surface area contributed by atoms with Gasteiger partial charge in [-0.2, -0.15) is 4.98 Å². The van der Waals surface area contributed by atoms with Gasteiger partial charge in [0.05, 0.1) is 30.3 Å². The third-order valence-corrected chi connectivity index (χ3v) is 5.74. The van der Waals surface area contributed by atoms with E-state index in [9.17, 15) is 0 Å². The number of aromatic nitrogens is 6. The number of fused-ring (bicyclic) bond motifs is 2. The van der Waals surface area contributed by atoms with Gasteiger partial charge in [-0.05, 0) is 49.9 Å². The first-order chi connectivity index (χ1) is 14.7. The zero-order chi connectivity index (χ0) is 20.7. The van der Waals surface area contributed by atoms with Crippen molar-refractivity contribution in [3.63, 3.8) is 0 Å². The number of imidazole rings is 2. The maximum atomic E-state index is 6.34. The molecule has 1 fully saturated rings. The van der Waals surface area contributed by atoms with Gasteiger partial charge < -0.3 is 14.0 Å². The molecule has 30 heavy (non-hydrogen) atoms. The van der Waals surface area contributed by atoms with Gasteiger partial charge in [0, 0.05) is 31.4 Å².